The third kappa shape index (κ3) is 5.30. The molecule has 2 rings (SSSR count). The molecule has 1 aliphatic rings. The van der Waals surface area contributed by atoms with Gasteiger partial charge in [-0.3, -0.25) is 14.7 Å². The van der Waals surface area contributed by atoms with Gasteiger partial charge in [-0.05, 0) is 52.8 Å². The van der Waals surface area contributed by atoms with E-state index >= 15 is 0 Å². The highest BCUT2D eigenvalue weighted by Gasteiger charge is 2.30. The maximum Gasteiger partial charge on any atom is 0.410 e. The van der Waals surface area contributed by atoms with Gasteiger partial charge in [-0.2, -0.15) is 0 Å². The lowest BCUT2D eigenvalue weighted by atomic mass is 10.0. The topological polar surface area (TPSA) is 62.7 Å². The zero-order chi connectivity index (χ0) is 17.7. The third-order valence-electron chi connectivity index (χ3n) is 4.02. The highest BCUT2D eigenvalue weighted by molar-refractivity contribution is 5.95. The van der Waals surface area contributed by atoms with Gasteiger partial charge in [0.15, 0.2) is 5.78 Å². The van der Waals surface area contributed by atoms with Crippen LogP contribution in [-0.4, -0.2) is 65.0 Å². The van der Waals surface area contributed by atoms with E-state index in [1.165, 1.54) is 0 Å². The largest absolute Gasteiger partial charge is 0.444 e. The molecule has 0 aromatic carbocycles. The number of pyridine rings is 1. The van der Waals surface area contributed by atoms with Gasteiger partial charge in [-0.25, -0.2) is 4.79 Å². The van der Waals surface area contributed by atoms with Crippen LogP contribution in [0.2, 0.25) is 0 Å². The first-order valence-electron chi connectivity index (χ1n) is 8.38. The van der Waals surface area contributed by atoms with Gasteiger partial charge in [0.25, 0.3) is 0 Å². The van der Waals surface area contributed by atoms with Crippen molar-refractivity contribution in [2.45, 2.75) is 45.3 Å². The first kappa shape index (κ1) is 18.4. The lowest BCUT2D eigenvalue weighted by Crippen LogP contribution is -2.50. The van der Waals surface area contributed by atoms with Gasteiger partial charge >= 0.3 is 6.09 Å². The minimum Gasteiger partial charge on any atom is -0.444 e. The van der Waals surface area contributed by atoms with Crippen molar-refractivity contribution >= 4 is 11.9 Å². The summed E-state index contributed by atoms with van der Waals surface area (Å²) in [6, 6.07) is 5.48. The Balaban J connectivity index is 1.91. The van der Waals surface area contributed by atoms with Crippen LogP contribution in [-0.2, 0) is 4.74 Å². The molecular formula is C18H27N3O3. The van der Waals surface area contributed by atoms with E-state index in [1.807, 2.05) is 38.8 Å². The number of Topliss-reactive ketones (excluding diaryl/α,β-unsaturated/α-hetero) is 1. The summed E-state index contributed by atoms with van der Waals surface area (Å²) < 4.78 is 5.45. The number of hydrogen-bond acceptors (Lipinski definition) is 5. The molecule has 0 saturated carbocycles. The smallest absolute Gasteiger partial charge is 0.410 e. The molecule has 0 N–H and O–H groups in total. The SMILES string of the molecule is CN(CC(=O)c1ccccn1)[C@H]1CCCN(C(=O)OC(C)(C)C)C1. The fourth-order valence-corrected chi connectivity index (χ4v) is 2.77. The fourth-order valence-electron chi connectivity index (χ4n) is 2.77. The molecule has 1 aromatic rings. The molecule has 1 fully saturated rings. The molecule has 1 amide bonds. The molecule has 2 heterocycles. The van der Waals surface area contributed by atoms with E-state index in [1.54, 1.807) is 23.2 Å². The molecule has 24 heavy (non-hydrogen) atoms. The number of carbonyl (C=O) groups excluding carboxylic acids is 2. The zero-order valence-electron chi connectivity index (χ0n) is 15.0. The summed E-state index contributed by atoms with van der Waals surface area (Å²) >= 11 is 0. The zero-order valence-corrected chi connectivity index (χ0v) is 15.0. The average Bonchev–Trinajstić information content (AvgIpc) is 2.54. The van der Waals surface area contributed by atoms with Gasteiger partial charge in [-0.1, -0.05) is 6.07 Å². The fraction of sp³-hybridized carbons (Fsp3) is 0.611. The van der Waals surface area contributed by atoms with Crippen molar-refractivity contribution in [2.24, 2.45) is 0 Å². The molecule has 0 radical (unpaired) electrons. The Morgan fingerprint density at radius 1 is 1.38 bits per heavy atom. The monoisotopic (exact) mass is 333 g/mol. The van der Waals surface area contributed by atoms with Crippen molar-refractivity contribution in [1.82, 2.24) is 14.8 Å². The predicted molar refractivity (Wildman–Crippen MR) is 92.0 cm³/mol. The standard InChI is InChI=1S/C18H27N3O3/c1-18(2,3)24-17(23)21-11-7-8-14(12-21)20(4)13-16(22)15-9-5-6-10-19-15/h5-6,9-10,14H,7-8,11-13H2,1-4H3/t14-/m0/s1. The second-order valence-corrected chi connectivity index (χ2v) is 7.28. The highest BCUT2D eigenvalue weighted by atomic mass is 16.6. The molecule has 1 aliphatic heterocycles. The molecule has 0 unspecified atom stereocenters. The van der Waals surface area contributed by atoms with Crippen LogP contribution in [0, 0.1) is 0 Å². The number of aromatic nitrogens is 1. The summed E-state index contributed by atoms with van der Waals surface area (Å²) in [5.41, 5.74) is -0.0191. The molecule has 1 saturated heterocycles. The molecule has 132 valence electrons. The number of piperidine rings is 1. The van der Waals surface area contributed by atoms with E-state index in [0.717, 1.165) is 12.8 Å². The normalized spacial score (nSPS) is 18.5. The molecular weight excluding hydrogens is 306 g/mol. The number of amides is 1. The summed E-state index contributed by atoms with van der Waals surface area (Å²) in [5.74, 6) is -0.00695. The van der Waals surface area contributed by atoms with E-state index in [4.69, 9.17) is 4.74 Å². The van der Waals surface area contributed by atoms with Crippen molar-refractivity contribution in [3.8, 4) is 0 Å². The number of hydrogen-bond donors (Lipinski definition) is 0. The van der Waals surface area contributed by atoms with Crippen LogP contribution >= 0.6 is 0 Å². The minimum atomic E-state index is -0.495. The van der Waals surface area contributed by atoms with Crippen molar-refractivity contribution in [3.63, 3.8) is 0 Å². The first-order chi connectivity index (χ1) is 11.3. The number of carbonyl (C=O) groups is 2. The number of nitrogens with zero attached hydrogens (tertiary/aromatic N) is 3. The summed E-state index contributed by atoms with van der Waals surface area (Å²) in [6.45, 7) is 7.18. The lowest BCUT2D eigenvalue weighted by molar-refractivity contribution is 0.0129. The number of rotatable bonds is 4. The van der Waals surface area contributed by atoms with Crippen LogP contribution in [0.15, 0.2) is 24.4 Å². The molecule has 1 aromatic heterocycles. The number of ether oxygens (including phenoxy) is 1. The second kappa shape index (κ2) is 7.75. The van der Waals surface area contributed by atoms with Gasteiger partial charge < -0.3 is 9.64 Å². The first-order valence-corrected chi connectivity index (χ1v) is 8.38. The second-order valence-electron chi connectivity index (χ2n) is 7.28. The van der Waals surface area contributed by atoms with E-state index in [-0.39, 0.29) is 17.9 Å². The van der Waals surface area contributed by atoms with E-state index in [0.29, 0.717) is 25.3 Å². The Hall–Kier alpha value is -1.95. The maximum absolute atomic E-state index is 12.3. The Bertz CT molecular complexity index is 569. The van der Waals surface area contributed by atoms with Crippen molar-refractivity contribution in [1.29, 1.82) is 0 Å². The molecule has 0 bridgehead atoms. The van der Waals surface area contributed by atoms with Crippen LogP contribution in [0.3, 0.4) is 0 Å². The highest BCUT2D eigenvalue weighted by Crippen LogP contribution is 2.18. The number of likely N-dealkylation sites (tertiary alicyclic amines) is 1. The van der Waals surface area contributed by atoms with Crippen LogP contribution < -0.4 is 0 Å². The molecule has 6 nitrogen and oxygen atoms in total. The summed E-state index contributed by atoms with van der Waals surface area (Å²) in [7, 11) is 1.92. The Kier molecular flexibility index (Phi) is 5.94. The van der Waals surface area contributed by atoms with Gasteiger partial charge in [0, 0.05) is 25.3 Å². The Morgan fingerprint density at radius 2 is 2.12 bits per heavy atom. The minimum absolute atomic E-state index is 0.00695. The van der Waals surface area contributed by atoms with Crippen molar-refractivity contribution in [2.75, 3.05) is 26.7 Å². The number of likely N-dealkylation sites (N-methyl/N-ethyl adjacent to an activating group) is 1. The van der Waals surface area contributed by atoms with Crippen molar-refractivity contribution in [3.05, 3.63) is 30.1 Å². The number of ketones is 1. The predicted octanol–water partition coefficient (Wildman–Crippen LogP) is 2.60. The van der Waals surface area contributed by atoms with Gasteiger partial charge in [-0.15, -0.1) is 0 Å². The van der Waals surface area contributed by atoms with E-state index < -0.39 is 5.60 Å². The molecule has 0 spiro atoms. The molecule has 1 atom stereocenters. The van der Waals surface area contributed by atoms with Crippen LogP contribution in [0.5, 0.6) is 0 Å². The van der Waals surface area contributed by atoms with Gasteiger partial charge in [0.2, 0.25) is 0 Å². The van der Waals surface area contributed by atoms with Crippen LogP contribution in [0.1, 0.15) is 44.1 Å². The van der Waals surface area contributed by atoms with E-state index in [2.05, 4.69) is 4.98 Å². The van der Waals surface area contributed by atoms with E-state index in [9.17, 15) is 9.59 Å². The summed E-state index contributed by atoms with van der Waals surface area (Å²) in [5, 5.41) is 0. The van der Waals surface area contributed by atoms with Crippen LogP contribution in [0.4, 0.5) is 4.79 Å². The Morgan fingerprint density at radius 3 is 2.75 bits per heavy atom. The Labute approximate surface area is 143 Å². The third-order valence-corrected chi connectivity index (χ3v) is 4.02. The van der Waals surface area contributed by atoms with Gasteiger partial charge in [0.05, 0.1) is 6.54 Å². The van der Waals surface area contributed by atoms with Crippen LogP contribution in [0.25, 0.3) is 0 Å². The molecule has 6 heteroatoms. The maximum atomic E-state index is 12.3. The summed E-state index contributed by atoms with van der Waals surface area (Å²) in [6.07, 6.45) is 3.21. The summed E-state index contributed by atoms with van der Waals surface area (Å²) in [4.78, 5) is 32.4. The lowest BCUT2D eigenvalue weighted by Gasteiger charge is -2.37. The van der Waals surface area contributed by atoms with Gasteiger partial charge in [0.1, 0.15) is 11.3 Å². The average molecular weight is 333 g/mol. The van der Waals surface area contributed by atoms with Crippen molar-refractivity contribution < 1.29 is 14.3 Å². The molecule has 0 aliphatic carbocycles. The quantitative estimate of drug-likeness (QED) is 0.793.